The number of halogens is 1. The minimum atomic E-state index is -1.16. The summed E-state index contributed by atoms with van der Waals surface area (Å²) in [4.78, 5) is 19.8. The van der Waals surface area contributed by atoms with Crippen LogP contribution in [0.3, 0.4) is 0 Å². The van der Waals surface area contributed by atoms with E-state index in [1.807, 2.05) is 13.8 Å². The highest BCUT2D eigenvalue weighted by atomic mass is 19.1. The molecule has 3 aromatic rings. The summed E-state index contributed by atoms with van der Waals surface area (Å²) in [6.07, 6.45) is 0. The molecule has 0 amide bonds. The molecule has 1 aromatic carbocycles. The standard InChI is InChI=1S/C16H13FN2O3/c1-8(2)13-14-11(7-12(22-14)16(20)21)18-15(19-13)9-3-5-10(17)6-4-9/h3-8H,1-2H3,(H,20,21). The van der Waals surface area contributed by atoms with Crippen molar-refractivity contribution in [2.75, 3.05) is 0 Å². The molecule has 0 saturated carbocycles. The van der Waals surface area contributed by atoms with Crippen LogP contribution in [0.1, 0.15) is 36.0 Å². The lowest BCUT2D eigenvalue weighted by Crippen LogP contribution is -1.98. The van der Waals surface area contributed by atoms with Gasteiger partial charge < -0.3 is 9.52 Å². The Hall–Kier alpha value is -2.76. The first kappa shape index (κ1) is 14.2. The molecule has 0 aliphatic carbocycles. The summed E-state index contributed by atoms with van der Waals surface area (Å²) in [6.45, 7) is 3.86. The van der Waals surface area contributed by atoms with E-state index in [1.165, 1.54) is 18.2 Å². The van der Waals surface area contributed by atoms with Gasteiger partial charge in [-0.2, -0.15) is 0 Å². The van der Waals surface area contributed by atoms with Crippen LogP contribution in [0.4, 0.5) is 4.39 Å². The molecule has 0 aliphatic heterocycles. The largest absolute Gasteiger partial charge is 0.475 e. The second-order valence-corrected chi connectivity index (χ2v) is 5.22. The molecular formula is C16H13FN2O3. The number of furan rings is 1. The molecule has 3 rings (SSSR count). The van der Waals surface area contributed by atoms with Gasteiger partial charge in [0.2, 0.25) is 5.76 Å². The zero-order chi connectivity index (χ0) is 15.9. The molecule has 1 N–H and O–H groups in total. The van der Waals surface area contributed by atoms with Gasteiger partial charge in [0.1, 0.15) is 11.3 Å². The Kier molecular flexibility index (Phi) is 3.36. The molecule has 112 valence electrons. The van der Waals surface area contributed by atoms with E-state index in [0.29, 0.717) is 28.2 Å². The van der Waals surface area contributed by atoms with Crippen molar-refractivity contribution in [3.63, 3.8) is 0 Å². The molecule has 22 heavy (non-hydrogen) atoms. The van der Waals surface area contributed by atoms with Gasteiger partial charge >= 0.3 is 5.97 Å². The Labute approximate surface area is 125 Å². The van der Waals surface area contributed by atoms with Gasteiger partial charge in [0.05, 0.1) is 5.69 Å². The zero-order valence-corrected chi connectivity index (χ0v) is 12.0. The van der Waals surface area contributed by atoms with Crippen molar-refractivity contribution < 1.29 is 18.7 Å². The van der Waals surface area contributed by atoms with Crippen molar-refractivity contribution in [2.45, 2.75) is 19.8 Å². The first-order chi connectivity index (χ1) is 10.5. The monoisotopic (exact) mass is 300 g/mol. The number of aromatic carboxylic acids is 1. The topological polar surface area (TPSA) is 76.2 Å². The van der Waals surface area contributed by atoms with Crippen molar-refractivity contribution in [2.24, 2.45) is 0 Å². The zero-order valence-electron chi connectivity index (χ0n) is 12.0. The quantitative estimate of drug-likeness (QED) is 0.795. The maximum atomic E-state index is 13.0. The summed E-state index contributed by atoms with van der Waals surface area (Å²) in [7, 11) is 0. The van der Waals surface area contributed by atoms with Crippen LogP contribution in [0.2, 0.25) is 0 Å². The van der Waals surface area contributed by atoms with Crippen molar-refractivity contribution in [1.29, 1.82) is 0 Å². The number of nitrogens with zero attached hydrogens (tertiary/aromatic N) is 2. The molecule has 0 saturated heterocycles. The van der Waals surface area contributed by atoms with Crippen LogP contribution >= 0.6 is 0 Å². The number of aromatic nitrogens is 2. The lowest BCUT2D eigenvalue weighted by atomic mass is 10.1. The van der Waals surface area contributed by atoms with Crippen molar-refractivity contribution >= 4 is 17.1 Å². The van der Waals surface area contributed by atoms with Gasteiger partial charge in [-0.05, 0) is 30.2 Å². The smallest absolute Gasteiger partial charge is 0.371 e. The number of rotatable bonds is 3. The molecule has 0 bridgehead atoms. The van der Waals surface area contributed by atoms with Crippen LogP contribution in [0.25, 0.3) is 22.5 Å². The second-order valence-electron chi connectivity index (χ2n) is 5.22. The lowest BCUT2D eigenvalue weighted by Gasteiger charge is -2.07. The van der Waals surface area contributed by atoms with Crippen LogP contribution in [0.5, 0.6) is 0 Å². The van der Waals surface area contributed by atoms with Gasteiger partial charge in [-0.1, -0.05) is 13.8 Å². The molecule has 0 radical (unpaired) electrons. The number of carboxylic acids is 1. The fourth-order valence-corrected chi connectivity index (χ4v) is 2.18. The maximum Gasteiger partial charge on any atom is 0.371 e. The van der Waals surface area contributed by atoms with E-state index in [1.54, 1.807) is 12.1 Å². The Morgan fingerprint density at radius 1 is 1.23 bits per heavy atom. The first-order valence-electron chi connectivity index (χ1n) is 6.76. The first-order valence-corrected chi connectivity index (χ1v) is 6.76. The summed E-state index contributed by atoms with van der Waals surface area (Å²) in [6, 6.07) is 7.20. The molecule has 0 fully saturated rings. The minimum Gasteiger partial charge on any atom is -0.475 e. The Morgan fingerprint density at radius 3 is 2.50 bits per heavy atom. The third-order valence-corrected chi connectivity index (χ3v) is 3.26. The van der Waals surface area contributed by atoms with Crippen LogP contribution in [0, 0.1) is 5.82 Å². The van der Waals surface area contributed by atoms with Crippen LogP contribution in [0.15, 0.2) is 34.7 Å². The molecule has 6 heteroatoms. The molecule has 2 heterocycles. The van der Waals surface area contributed by atoms with Gasteiger partial charge in [-0.15, -0.1) is 0 Å². The number of benzene rings is 1. The van der Waals surface area contributed by atoms with E-state index in [9.17, 15) is 9.18 Å². The fourth-order valence-electron chi connectivity index (χ4n) is 2.18. The van der Waals surface area contributed by atoms with E-state index in [2.05, 4.69) is 9.97 Å². The highest BCUT2D eigenvalue weighted by molar-refractivity contribution is 5.91. The highest BCUT2D eigenvalue weighted by Gasteiger charge is 2.19. The number of hydrogen-bond donors (Lipinski definition) is 1. The van der Waals surface area contributed by atoms with Gasteiger partial charge in [0.15, 0.2) is 11.4 Å². The minimum absolute atomic E-state index is 0.0255. The molecule has 2 aromatic heterocycles. The average Bonchev–Trinajstić information content (AvgIpc) is 2.91. The third-order valence-electron chi connectivity index (χ3n) is 3.26. The van der Waals surface area contributed by atoms with E-state index in [-0.39, 0.29) is 17.5 Å². The predicted molar refractivity (Wildman–Crippen MR) is 78.2 cm³/mol. The molecule has 0 aliphatic rings. The Morgan fingerprint density at radius 2 is 1.91 bits per heavy atom. The Bertz CT molecular complexity index is 854. The van der Waals surface area contributed by atoms with Crippen LogP contribution < -0.4 is 0 Å². The molecular weight excluding hydrogens is 287 g/mol. The maximum absolute atomic E-state index is 13.0. The van der Waals surface area contributed by atoms with E-state index in [4.69, 9.17) is 9.52 Å². The third kappa shape index (κ3) is 2.43. The predicted octanol–water partition coefficient (Wildman–Crippen LogP) is 3.85. The molecule has 0 atom stereocenters. The van der Waals surface area contributed by atoms with Gasteiger partial charge in [-0.3, -0.25) is 0 Å². The normalized spacial score (nSPS) is 11.3. The molecule has 5 nitrogen and oxygen atoms in total. The molecule has 0 unspecified atom stereocenters. The lowest BCUT2D eigenvalue weighted by molar-refractivity contribution is 0.0665. The molecule has 0 spiro atoms. The highest BCUT2D eigenvalue weighted by Crippen LogP contribution is 2.28. The summed E-state index contributed by atoms with van der Waals surface area (Å²) >= 11 is 0. The second kappa shape index (κ2) is 5.22. The number of carboxylic acid groups (broad SMARTS) is 1. The number of fused-ring (bicyclic) bond motifs is 1. The summed E-state index contributed by atoms with van der Waals surface area (Å²) in [5, 5.41) is 9.05. The van der Waals surface area contributed by atoms with Crippen LogP contribution in [-0.4, -0.2) is 21.0 Å². The van der Waals surface area contributed by atoms with Crippen LogP contribution in [-0.2, 0) is 0 Å². The van der Waals surface area contributed by atoms with Gasteiger partial charge in [0, 0.05) is 11.6 Å². The SMILES string of the molecule is CC(C)c1nc(-c2ccc(F)cc2)nc2cc(C(=O)O)oc12. The fraction of sp³-hybridized carbons (Fsp3) is 0.188. The Balaban J connectivity index is 2.24. The summed E-state index contributed by atoms with van der Waals surface area (Å²) in [5.74, 6) is -1.24. The summed E-state index contributed by atoms with van der Waals surface area (Å²) in [5.41, 5.74) is 2.08. The number of carbonyl (C=O) groups is 1. The van der Waals surface area contributed by atoms with Crippen molar-refractivity contribution in [3.05, 3.63) is 47.6 Å². The van der Waals surface area contributed by atoms with E-state index >= 15 is 0 Å². The van der Waals surface area contributed by atoms with Crippen molar-refractivity contribution in [3.8, 4) is 11.4 Å². The van der Waals surface area contributed by atoms with E-state index in [0.717, 1.165) is 0 Å². The number of hydrogen-bond acceptors (Lipinski definition) is 4. The summed E-state index contributed by atoms with van der Waals surface area (Å²) < 4.78 is 18.4. The van der Waals surface area contributed by atoms with E-state index < -0.39 is 5.97 Å². The van der Waals surface area contributed by atoms with Crippen molar-refractivity contribution in [1.82, 2.24) is 9.97 Å². The van der Waals surface area contributed by atoms with Gasteiger partial charge in [0.25, 0.3) is 0 Å². The average molecular weight is 300 g/mol. The van der Waals surface area contributed by atoms with Gasteiger partial charge in [-0.25, -0.2) is 19.2 Å².